The lowest BCUT2D eigenvalue weighted by atomic mass is 10.4. The van der Waals surface area contributed by atoms with E-state index in [-0.39, 0.29) is 17.7 Å². The van der Waals surface area contributed by atoms with Crippen LogP contribution in [0.15, 0.2) is 11.5 Å². The van der Waals surface area contributed by atoms with E-state index in [4.69, 9.17) is 0 Å². The Balaban J connectivity index is 2.43. The molecular weight excluding hydrogens is 254 g/mol. The fourth-order valence-electron chi connectivity index (χ4n) is 1.19. The van der Waals surface area contributed by atoms with Crippen LogP contribution in [0.1, 0.15) is 26.8 Å². The van der Waals surface area contributed by atoms with E-state index >= 15 is 0 Å². The number of hydrogen-bond donors (Lipinski definition) is 2. The molecule has 8 heteroatoms. The van der Waals surface area contributed by atoms with Crippen LogP contribution < -0.4 is 10.6 Å². The molecule has 0 aliphatic carbocycles. The van der Waals surface area contributed by atoms with Crippen LogP contribution >= 0.6 is 11.8 Å². The Hall–Kier alpha value is -1.57. The summed E-state index contributed by atoms with van der Waals surface area (Å²) in [5.74, 6) is -0.230. The lowest BCUT2D eigenvalue weighted by Gasteiger charge is -2.09. The minimum Gasteiger partial charge on any atom is -0.338 e. The van der Waals surface area contributed by atoms with Crippen molar-refractivity contribution in [2.45, 2.75) is 32.0 Å². The van der Waals surface area contributed by atoms with Crippen molar-refractivity contribution >= 4 is 23.7 Å². The zero-order chi connectivity index (χ0) is 13.5. The number of carbonyl (C=O) groups is 2. The highest BCUT2D eigenvalue weighted by atomic mass is 32.2. The van der Waals surface area contributed by atoms with E-state index in [1.54, 1.807) is 13.3 Å². The van der Waals surface area contributed by atoms with Crippen molar-refractivity contribution in [2.75, 3.05) is 12.3 Å². The molecular formula is C10H17N5O2S. The van der Waals surface area contributed by atoms with Gasteiger partial charge in [0.25, 0.3) is 0 Å². The summed E-state index contributed by atoms with van der Waals surface area (Å²) in [6, 6.07) is -0.248. The number of imide groups is 1. The molecule has 18 heavy (non-hydrogen) atoms. The Bertz CT molecular complexity index is 418. The van der Waals surface area contributed by atoms with Gasteiger partial charge in [0.15, 0.2) is 5.16 Å². The van der Waals surface area contributed by atoms with Gasteiger partial charge in [-0.1, -0.05) is 11.8 Å². The van der Waals surface area contributed by atoms with Gasteiger partial charge in [0, 0.05) is 12.6 Å². The zero-order valence-electron chi connectivity index (χ0n) is 10.6. The third kappa shape index (κ3) is 4.36. The van der Waals surface area contributed by atoms with Gasteiger partial charge in [-0.15, -0.1) is 10.2 Å². The monoisotopic (exact) mass is 271 g/mol. The molecule has 0 radical (unpaired) electrons. The van der Waals surface area contributed by atoms with E-state index in [0.29, 0.717) is 11.7 Å². The summed E-state index contributed by atoms with van der Waals surface area (Å²) in [7, 11) is 0. The van der Waals surface area contributed by atoms with Crippen molar-refractivity contribution in [3.8, 4) is 0 Å². The van der Waals surface area contributed by atoms with Gasteiger partial charge >= 0.3 is 6.03 Å². The standard InChI is InChI=1S/C10H17N5O2S/c1-4-11-9(17)13-8(16)5-18-10-14-12-6-15(10)7(2)3/h6-7H,4-5H2,1-3H3,(H2,11,13,16,17). The summed E-state index contributed by atoms with van der Waals surface area (Å²) >= 11 is 1.25. The maximum absolute atomic E-state index is 11.5. The summed E-state index contributed by atoms with van der Waals surface area (Å²) in [5.41, 5.74) is 0. The highest BCUT2D eigenvalue weighted by molar-refractivity contribution is 7.99. The first kappa shape index (κ1) is 14.5. The number of carbonyl (C=O) groups excluding carboxylic acids is 2. The number of thioether (sulfide) groups is 1. The molecule has 100 valence electrons. The predicted molar refractivity (Wildman–Crippen MR) is 68.3 cm³/mol. The molecule has 0 aliphatic rings. The summed E-state index contributed by atoms with van der Waals surface area (Å²) in [4.78, 5) is 22.6. The van der Waals surface area contributed by atoms with Crippen molar-refractivity contribution in [3.63, 3.8) is 0 Å². The molecule has 1 aromatic rings. The highest BCUT2D eigenvalue weighted by Gasteiger charge is 2.12. The molecule has 0 spiro atoms. The molecule has 0 aliphatic heterocycles. The fourth-order valence-corrected chi connectivity index (χ4v) is 2.03. The Morgan fingerprint density at radius 3 is 2.83 bits per heavy atom. The van der Waals surface area contributed by atoms with Crippen molar-refractivity contribution in [1.82, 2.24) is 25.4 Å². The minimum absolute atomic E-state index is 0.128. The minimum atomic E-state index is -0.478. The van der Waals surface area contributed by atoms with E-state index in [1.807, 2.05) is 18.4 Å². The first-order valence-corrected chi connectivity index (χ1v) is 6.63. The average Bonchev–Trinajstić information content (AvgIpc) is 2.74. The smallest absolute Gasteiger partial charge is 0.321 e. The molecule has 1 aromatic heterocycles. The average molecular weight is 271 g/mol. The maximum Gasteiger partial charge on any atom is 0.321 e. The maximum atomic E-state index is 11.5. The summed E-state index contributed by atoms with van der Waals surface area (Å²) in [6.45, 7) is 6.27. The molecule has 1 rings (SSSR count). The molecule has 3 amide bonds. The third-order valence-electron chi connectivity index (χ3n) is 2.02. The Labute approximate surface area is 110 Å². The Morgan fingerprint density at radius 2 is 2.22 bits per heavy atom. The van der Waals surface area contributed by atoms with Gasteiger partial charge in [0.2, 0.25) is 5.91 Å². The first-order chi connectivity index (χ1) is 8.54. The number of aromatic nitrogens is 3. The Kier molecular flexibility index (Phi) is 5.63. The topological polar surface area (TPSA) is 88.9 Å². The lowest BCUT2D eigenvalue weighted by molar-refractivity contribution is -0.117. The van der Waals surface area contributed by atoms with Gasteiger partial charge in [0.1, 0.15) is 6.33 Å². The second kappa shape index (κ2) is 7.00. The lowest BCUT2D eigenvalue weighted by Crippen LogP contribution is -2.40. The molecule has 0 fully saturated rings. The van der Waals surface area contributed by atoms with Crippen LogP contribution in [0.4, 0.5) is 4.79 Å². The number of amides is 3. The zero-order valence-corrected chi connectivity index (χ0v) is 11.5. The largest absolute Gasteiger partial charge is 0.338 e. The van der Waals surface area contributed by atoms with E-state index in [9.17, 15) is 9.59 Å². The van der Waals surface area contributed by atoms with Gasteiger partial charge < -0.3 is 9.88 Å². The molecule has 1 heterocycles. The van der Waals surface area contributed by atoms with Crippen LogP contribution in [-0.2, 0) is 4.79 Å². The van der Waals surface area contributed by atoms with Gasteiger partial charge in [0.05, 0.1) is 5.75 Å². The summed E-state index contributed by atoms with van der Waals surface area (Å²) < 4.78 is 1.87. The highest BCUT2D eigenvalue weighted by Crippen LogP contribution is 2.18. The van der Waals surface area contributed by atoms with E-state index in [0.717, 1.165) is 0 Å². The first-order valence-electron chi connectivity index (χ1n) is 5.64. The van der Waals surface area contributed by atoms with Gasteiger partial charge in [-0.3, -0.25) is 10.1 Å². The molecule has 2 N–H and O–H groups in total. The van der Waals surface area contributed by atoms with Gasteiger partial charge in [-0.25, -0.2) is 4.79 Å². The Morgan fingerprint density at radius 1 is 1.50 bits per heavy atom. The van der Waals surface area contributed by atoms with Crippen LogP contribution in [0.25, 0.3) is 0 Å². The third-order valence-corrected chi connectivity index (χ3v) is 2.98. The molecule has 0 saturated carbocycles. The van der Waals surface area contributed by atoms with Crippen molar-refractivity contribution in [3.05, 3.63) is 6.33 Å². The number of nitrogens with zero attached hydrogens (tertiary/aromatic N) is 3. The van der Waals surface area contributed by atoms with E-state index < -0.39 is 6.03 Å². The number of urea groups is 1. The number of hydrogen-bond acceptors (Lipinski definition) is 5. The molecule has 0 aromatic carbocycles. The van der Waals surface area contributed by atoms with Crippen molar-refractivity contribution in [2.24, 2.45) is 0 Å². The van der Waals surface area contributed by atoms with E-state index in [1.165, 1.54) is 11.8 Å². The van der Waals surface area contributed by atoms with Gasteiger partial charge in [-0.05, 0) is 20.8 Å². The van der Waals surface area contributed by atoms with E-state index in [2.05, 4.69) is 20.8 Å². The number of nitrogens with one attached hydrogen (secondary N) is 2. The molecule has 7 nitrogen and oxygen atoms in total. The summed E-state index contributed by atoms with van der Waals surface area (Å²) in [6.07, 6.45) is 1.62. The van der Waals surface area contributed by atoms with Crippen LogP contribution in [0.2, 0.25) is 0 Å². The van der Waals surface area contributed by atoms with Crippen molar-refractivity contribution < 1.29 is 9.59 Å². The number of rotatable bonds is 5. The molecule has 0 saturated heterocycles. The van der Waals surface area contributed by atoms with Gasteiger partial charge in [-0.2, -0.15) is 0 Å². The second-order valence-corrected chi connectivity index (χ2v) is 4.75. The SMILES string of the molecule is CCNC(=O)NC(=O)CSc1nncn1C(C)C. The quantitative estimate of drug-likeness (QED) is 0.773. The van der Waals surface area contributed by atoms with Crippen LogP contribution in [-0.4, -0.2) is 39.0 Å². The predicted octanol–water partition coefficient (Wildman–Crippen LogP) is 0.797. The molecule has 0 atom stereocenters. The van der Waals surface area contributed by atoms with Crippen molar-refractivity contribution in [1.29, 1.82) is 0 Å². The van der Waals surface area contributed by atoms with Crippen LogP contribution in [0, 0.1) is 0 Å². The van der Waals surface area contributed by atoms with Crippen LogP contribution in [0.5, 0.6) is 0 Å². The molecule has 0 bridgehead atoms. The summed E-state index contributed by atoms with van der Waals surface area (Å²) in [5, 5.41) is 13.1. The molecule has 0 unspecified atom stereocenters. The normalized spacial score (nSPS) is 10.4. The second-order valence-electron chi connectivity index (χ2n) is 3.81. The van der Waals surface area contributed by atoms with Crippen LogP contribution in [0.3, 0.4) is 0 Å². The fraction of sp³-hybridized carbons (Fsp3) is 0.600.